The number of rotatable bonds is 3. The maximum Gasteiger partial charge on any atom is 0.0956 e. The van der Waals surface area contributed by atoms with Gasteiger partial charge in [-0.2, -0.15) is 5.10 Å². The number of hydrogen-bond donors (Lipinski definition) is 0. The van der Waals surface area contributed by atoms with Crippen molar-refractivity contribution in [2.45, 2.75) is 39.5 Å². The molecular formula is C19H27N3O. The molecule has 2 aromatic rings. The predicted molar refractivity (Wildman–Crippen MR) is 92.0 cm³/mol. The molecule has 4 nitrogen and oxygen atoms in total. The van der Waals surface area contributed by atoms with Crippen LogP contribution in [0, 0.1) is 5.41 Å². The first kappa shape index (κ1) is 16.2. The van der Waals surface area contributed by atoms with E-state index in [0.717, 1.165) is 19.6 Å². The molecule has 0 aliphatic carbocycles. The van der Waals surface area contributed by atoms with Gasteiger partial charge in [0.1, 0.15) is 0 Å². The van der Waals surface area contributed by atoms with Crippen molar-refractivity contribution in [3.63, 3.8) is 0 Å². The van der Waals surface area contributed by atoms with E-state index >= 15 is 0 Å². The van der Waals surface area contributed by atoms with Crippen LogP contribution in [-0.4, -0.2) is 33.9 Å². The van der Waals surface area contributed by atoms with Crippen LogP contribution in [0.1, 0.15) is 38.1 Å². The SMILES string of the molecule is Cn1nccc1CN1C[C@@H](c2ccccc2)O[C@@H](C(C)(C)C)C1. The van der Waals surface area contributed by atoms with Crippen molar-refractivity contribution < 1.29 is 4.74 Å². The monoisotopic (exact) mass is 313 g/mol. The summed E-state index contributed by atoms with van der Waals surface area (Å²) in [4.78, 5) is 2.49. The van der Waals surface area contributed by atoms with Gasteiger partial charge < -0.3 is 4.74 Å². The van der Waals surface area contributed by atoms with Crippen molar-refractivity contribution in [2.24, 2.45) is 12.5 Å². The third-order valence-electron chi connectivity index (χ3n) is 4.62. The fourth-order valence-electron chi connectivity index (χ4n) is 3.07. The standard InChI is InChI=1S/C19H27N3O/c1-19(2,3)18-14-22(12-16-10-11-20-21(16)4)13-17(23-18)15-8-6-5-7-9-15/h5-11,17-18H,12-14H2,1-4H3/t17-,18+/m0/s1. The third kappa shape index (κ3) is 3.82. The molecule has 0 spiro atoms. The van der Waals surface area contributed by atoms with Crippen molar-refractivity contribution in [2.75, 3.05) is 13.1 Å². The Morgan fingerprint density at radius 3 is 2.48 bits per heavy atom. The number of hydrogen-bond acceptors (Lipinski definition) is 3. The molecule has 1 saturated heterocycles. The number of nitrogens with zero attached hydrogens (tertiary/aromatic N) is 3. The van der Waals surface area contributed by atoms with Crippen LogP contribution in [0.2, 0.25) is 0 Å². The fraction of sp³-hybridized carbons (Fsp3) is 0.526. The molecule has 1 aliphatic rings. The van der Waals surface area contributed by atoms with Crippen molar-refractivity contribution >= 4 is 0 Å². The maximum atomic E-state index is 6.45. The zero-order valence-corrected chi connectivity index (χ0v) is 14.6. The van der Waals surface area contributed by atoms with Crippen molar-refractivity contribution in [3.05, 3.63) is 53.9 Å². The molecule has 0 unspecified atom stereocenters. The molecule has 0 saturated carbocycles. The maximum absolute atomic E-state index is 6.45. The normalized spacial score (nSPS) is 23.1. The molecule has 1 aromatic carbocycles. The Morgan fingerprint density at radius 1 is 1.13 bits per heavy atom. The number of aryl methyl sites for hydroxylation is 1. The molecule has 1 aromatic heterocycles. The Bertz CT molecular complexity index is 630. The first-order valence-electron chi connectivity index (χ1n) is 8.33. The molecule has 2 heterocycles. The number of morpholine rings is 1. The summed E-state index contributed by atoms with van der Waals surface area (Å²) >= 11 is 0. The number of benzene rings is 1. The third-order valence-corrected chi connectivity index (χ3v) is 4.62. The number of ether oxygens (including phenoxy) is 1. The van der Waals surface area contributed by atoms with Crippen LogP contribution < -0.4 is 0 Å². The summed E-state index contributed by atoms with van der Waals surface area (Å²) in [7, 11) is 2.01. The van der Waals surface area contributed by atoms with Crippen LogP contribution in [0.3, 0.4) is 0 Å². The Morgan fingerprint density at radius 2 is 1.87 bits per heavy atom. The molecule has 4 heteroatoms. The van der Waals surface area contributed by atoms with Gasteiger partial charge in [0.2, 0.25) is 0 Å². The quantitative estimate of drug-likeness (QED) is 0.870. The van der Waals surface area contributed by atoms with Crippen molar-refractivity contribution in [3.8, 4) is 0 Å². The summed E-state index contributed by atoms with van der Waals surface area (Å²) in [6, 6.07) is 12.7. The van der Waals surface area contributed by atoms with Gasteiger partial charge in [0.15, 0.2) is 0 Å². The number of aromatic nitrogens is 2. The zero-order chi connectivity index (χ0) is 16.4. The predicted octanol–water partition coefficient (Wildman–Crippen LogP) is 3.41. The summed E-state index contributed by atoms with van der Waals surface area (Å²) in [5, 5.41) is 4.29. The highest BCUT2D eigenvalue weighted by atomic mass is 16.5. The summed E-state index contributed by atoms with van der Waals surface area (Å²) < 4.78 is 8.41. The molecule has 0 N–H and O–H groups in total. The minimum Gasteiger partial charge on any atom is -0.367 e. The molecule has 2 atom stereocenters. The van der Waals surface area contributed by atoms with Crippen LogP contribution in [-0.2, 0) is 18.3 Å². The van der Waals surface area contributed by atoms with Gasteiger partial charge >= 0.3 is 0 Å². The van der Waals surface area contributed by atoms with E-state index in [-0.39, 0.29) is 17.6 Å². The Hall–Kier alpha value is -1.65. The highest BCUT2D eigenvalue weighted by Gasteiger charge is 2.35. The molecular weight excluding hydrogens is 286 g/mol. The summed E-state index contributed by atoms with van der Waals surface area (Å²) in [6.07, 6.45) is 2.21. The average molecular weight is 313 g/mol. The molecule has 124 valence electrons. The second-order valence-corrected chi connectivity index (χ2v) is 7.53. The van der Waals surface area contributed by atoms with Gasteiger partial charge in [0.25, 0.3) is 0 Å². The van der Waals surface area contributed by atoms with Crippen LogP contribution in [0.25, 0.3) is 0 Å². The van der Waals surface area contributed by atoms with E-state index in [2.05, 4.69) is 67.2 Å². The first-order chi connectivity index (χ1) is 10.9. The highest BCUT2D eigenvalue weighted by Crippen LogP contribution is 2.33. The fourth-order valence-corrected chi connectivity index (χ4v) is 3.07. The van der Waals surface area contributed by atoms with E-state index in [9.17, 15) is 0 Å². The van der Waals surface area contributed by atoms with E-state index in [1.807, 2.05) is 17.9 Å². The minimum atomic E-state index is 0.123. The second kappa shape index (κ2) is 6.46. The van der Waals surface area contributed by atoms with Crippen molar-refractivity contribution in [1.82, 2.24) is 14.7 Å². The van der Waals surface area contributed by atoms with Crippen LogP contribution in [0.5, 0.6) is 0 Å². The second-order valence-electron chi connectivity index (χ2n) is 7.53. The van der Waals surface area contributed by atoms with Gasteiger partial charge in [0.05, 0.1) is 17.9 Å². The van der Waals surface area contributed by atoms with Gasteiger partial charge in [-0.05, 0) is 17.0 Å². The van der Waals surface area contributed by atoms with Crippen LogP contribution >= 0.6 is 0 Å². The molecule has 23 heavy (non-hydrogen) atoms. The zero-order valence-electron chi connectivity index (χ0n) is 14.6. The summed E-state index contributed by atoms with van der Waals surface area (Å²) in [6.45, 7) is 9.56. The lowest BCUT2D eigenvalue weighted by Gasteiger charge is -2.43. The highest BCUT2D eigenvalue weighted by molar-refractivity contribution is 5.19. The molecule has 0 bridgehead atoms. The van der Waals surface area contributed by atoms with Crippen LogP contribution in [0.4, 0.5) is 0 Å². The van der Waals surface area contributed by atoms with E-state index in [0.29, 0.717) is 0 Å². The van der Waals surface area contributed by atoms with E-state index < -0.39 is 0 Å². The first-order valence-corrected chi connectivity index (χ1v) is 8.33. The van der Waals surface area contributed by atoms with Gasteiger partial charge in [-0.15, -0.1) is 0 Å². The Kier molecular flexibility index (Phi) is 4.55. The lowest BCUT2D eigenvalue weighted by atomic mass is 9.87. The lowest BCUT2D eigenvalue weighted by molar-refractivity contribution is -0.131. The minimum absolute atomic E-state index is 0.123. The average Bonchev–Trinajstić information content (AvgIpc) is 2.92. The van der Waals surface area contributed by atoms with Crippen molar-refractivity contribution in [1.29, 1.82) is 0 Å². The van der Waals surface area contributed by atoms with E-state index in [1.54, 1.807) is 0 Å². The molecule has 1 aliphatic heterocycles. The van der Waals surface area contributed by atoms with Gasteiger partial charge in [-0.25, -0.2) is 0 Å². The Labute approximate surface area is 139 Å². The molecule has 0 radical (unpaired) electrons. The molecule has 1 fully saturated rings. The summed E-state index contributed by atoms with van der Waals surface area (Å²) in [5.74, 6) is 0. The molecule has 0 amide bonds. The van der Waals surface area contributed by atoms with Gasteiger partial charge in [0, 0.05) is 32.9 Å². The van der Waals surface area contributed by atoms with Gasteiger partial charge in [-0.1, -0.05) is 51.1 Å². The summed E-state index contributed by atoms with van der Waals surface area (Å²) in [5.41, 5.74) is 2.63. The largest absolute Gasteiger partial charge is 0.367 e. The topological polar surface area (TPSA) is 30.3 Å². The smallest absolute Gasteiger partial charge is 0.0956 e. The Balaban J connectivity index is 1.80. The van der Waals surface area contributed by atoms with E-state index in [1.165, 1.54) is 11.3 Å². The van der Waals surface area contributed by atoms with Crippen LogP contribution in [0.15, 0.2) is 42.6 Å². The van der Waals surface area contributed by atoms with Gasteiger partial charge in [-0.3, -0.25) is 9.58 Å². The molecule has 3 rings (SSSR count). The van der Waals surface area contributed by atoms with E-state index in [4.69, 9.17) is 4.74 Å². The lowest BCUT2D eigenvalue weighted by Crippen LogP contribution is -2.48.